The zero-order valence-electron chi connectivity index (χ0n) is 23.0. The fourth-order valence-electron chi connectivity index (χ4n) is 3.52. The zero-order chi connectivity index (χ0) is 29.4. The number of carbonyl (C=O) groups is 5. The van der Waals surface area contributed by atoms with Crippen LogP contribution in [0.2, 0.25) is 0 Å². The molecule has 4 amide bonds. The summed E-state index contributed by atoms with van der Waals surface area (Å²) in [6.45, 7) is 8.64. The molecule has 0 saturated carbocycles. The number of nitrogens with zero attached hydrogens (tertiary/aromatic N) is 1. The molecule has 218 valence electrons. The molecule has 6 atom stereocenters. The van der Waals surface area contributed by atoms with E-state index in [4.69, 9.17) is 17.2 Å². The van der Waals surface area contributed by atoms with Crippen LogP contribution in [-0.2, 0) is 24.0 Å². The first-order valence-electron chi connectivity index (χ1n) is 12.9. The lowest BCUT2D eigenvalue weighted by Crippen LogP contribution is -2.61. The smallest absolute Gasteiger partial charge is 0.245 e. The minimum atomic E-state index is -1.35. The van der Waals surface area contributed by atoms with Crippen molar-refractivity contribution in [3.63, 3.8) is 0 Å². The van der Waals surface area contributed by atoms with E-state index in [1.54, 1.807) is 6.92 Å². The summed E-state index contributed by atoms with van der Waals surface area (Å²) in [4.78, 5) is 65.9. The van der Waals surface area contributed by atoms with Gasteiger partial charge in [0.15, 0.2) is 5.96 Å². The maximum atomic E-state index is 13.3. The van der Waals surface area contributed by atoms with Crippen molar-refractivity contribution in [2.45, 2.75) is 90.6 Å². The topological polar surface area (TPSA) is 244 Å². The Morgan fingerprint density at radius 1 is 0.921 bits per heavy atom. The van der Waals surface area contributed by atoms with Crippen LogP contribution in [0.3, 0.4) is 0 Å². The van der Waals surface area contributed by atoms with E-state index in [1.807, 2.05) is 20.8 Å². The van der Waals surface area contributed by atoms with Gasteiger partial charge in [0.25, 0.3) is 0 Å². The van der Waals surface area contributed by atoms with Gasteiger partial charge in [0.05, 0.1) is 18.7 Å². The average Bonchev–Trinajstić information content (AvgIpc) is 2.84. The van der Waals surface area contributed by atoms with Crippen LogP contribution < -0.4 is 38.5 Å². The zero-order valence-corrected chi connectivity index (χ0v) is 23.0. The van der Waals surface area contributed by atoms with Gasteiger partial charge in [0, 0.05) is 6.54 Å². The number of nitrogens with two attached hydrogens (primary N) is 3. The van der Waals surface area contributed by atoms with Crippen LogP contribution in [0.15, 0.2) is 4.99 Å². The van der Waals surface area contributed by atoms with Crippen molar-refractivity contribution in [1.29, 1.82) is 0 Å². The highest BCUT2D eigenvalue weighted by Gasteiger charge is 2.34. The number of amides is 4. The van der Waals surface area contributed by atoms with Crippen molar-refractivity contribution in [2.24, 2.45) is 34.0 Å². The minimum absolute atomic E-state index is 0.104. The molecule has 0 aliphatic carbocycles. The lowest BCUT2D eigenvalue weighted by atomic mass is 9.96. The molecule has 0 aliphatic rings. The van der Waals surface area contributed by atoms with Gasteiger partial charge < -0.3 is 48.4 Å². The molecule has 0 fully saturated rings. The standard InChI is InChI=1S/C24H46N8O6/c1-6-14(4)18(23(38)32-19(15(5)34)22(37)28-10-11-33)31-21(36)17(8-7-9-29-24(26)27)30-20(35)16(25)12-13(2)3/h11,13-19,34H,6-10,12,25H2,1-5H3,(H,28,37)(H,30,35)(H,31,36)(H,32,38)(H4,26,27,29)/t14-,15-,16-,17+,18-,19-/m0/s1. The van der Waals surface area contributed by atoms with E-state index in [-0.39, 0.29) is 37.3 Å². The van der Waals surface area contributed by atoms with E-state index in [0.717, 1.165) is 0 Å². The molecule has 0 spiro atoms. The molecule has 0 aromatic rings. The number of hydrogen-bond acceptors (Lipinski definition) is 8. The van der Waals surface area contributed by atoms with E-state index >= 15 is 0 Å². The van der Waals surface area contributed by atoms with Gasteiger partial charge in [0.2, 0.25) is 23.6 Å². The quantitative estimate of drug-likeness (QED) is 0.0398. The number of aliphatic hydroxyl groups is 1. The number of guanidine groups is 1. The largest absolute Gasteiger partial charge is 0.391 e. The Bertz CT molecular complexity index is 816. The van der Waals surface area contributed by atoms with Crippen molar-refractivity contribution >= 4 is 35.9 Å². The summed E-state index contributed by atoms with van der Waals surface area (Å²) in [6, 6.07) is -4.30. The molecule has 0 heterocycles. The van der Waals surface area contributed by atoms with E-state index in [0.29, 0.717) is 25.5 Å². The minimum Gasteiger partial charge on any atom is -0.391 e. The summed E-state index contributed by atoms with van der Waals surface area (Å²) >= 11 is 0. The van der Waals surface area contributed by atoms with Crippen LogP contribution >= 0.6 is 0 Å². The summed E-state index contributed by atoms with van der Waals surface area (Å²) in [5, 5.41) is 20.1. The Balaban J connectivity index is 5.75. The van der Waals surface area contributed by atoms with Gasteiger partial charge in [0.1, 0.15) is 24.4 Å². The van der Waals surface area contributed by atoms with Crippen molar-refractivity contribution in [1.82, 2.24) is 21.3 Å². The molecule has 0 bridgehead atoms. The number of rotatable bonds is 18. The number of aliphatic imine (C=N–C) groups is 1. The Hall–Kier alpha value is -3.26. The molecule has 11 N–H and O–H groups in total. The summed E-state index contributed by atoms with van der Waals surface area (Å²) in [7, 11) is 0. The van der Waals surface area contributed by atoms with Gasteiger partial charge in [-0.3, -0.25) is 24.2 Å². The fourth-order valence-corrected chi connectivity index (χ4v) is 3.52. The highest BCUT2D eigenvalue weighted by molar-refractivity contribution is 5.95. The number of aliphatic hydroxyl groups excluding tert-OH is 1. The second-order valence-corrected chi connectivity index (χ2v) is 9.76. The van der Waals surface area contributed by atoms with Gasteiger partial charge in [-0.15, -0.1) is 0 Å². The molecule has 0 rings (SSSR count). The van der Waals surface area contributed by atoms with Gasteiger partial charge in [-0.2, -0.15) is 0 Å². The second kappa shape index (κ2) is 18.1. The van der Waals surface area contributed by atoms with Crippen LogP contribution in [-0.4, -0.2) is 84.3 Å². The monoisotopic (exact) mass is 542 g/mol. The molecular weight excluding hydrogens is 496 g/mol. The van der Waals surface area contributed by atoms with E-state index in [9.17, 15) is 29.1 Å². The number of aldehydes is 1. The fraction of sp³-hybridized carbons (Fsp3) is 0.750. The van der Waals surface area contributed by atoms with Gasteiger partial charge in [-0.05, 0) is 38.0 Å². The third kappa shape index (κ3) is 13.3. The van der Waals surface area contributed by atoms with Crippen molar-refractivity contribution in [2.75, 3.05) is 13.1 Å². The Labute approximate surface area is 224 Å². The summed E-state index contributed by atoms with van der Waals surface area (Å²) in [5.41, 5.74) is 16.7. The Morgan fingerprint density at radius 3 is 2.03 bits per heavy atom. The van der Waals surface area contributed by atoms with Crippen molar-refractivity contribution in [3.05, 3.63) is 0 Å². The first-order valence-corrected chi connectivity index (χ1v) is 12.9. The highest BCUT2D eigenvalue weighted by Crippen LogP contribution is 2.11. The normalized spacial score (nSPS) is 15.7. The number of nitrogens with one attached hydrogen (secondary N) is 4. The third-order valence-electron chi connectivity index (χ3n) is 5.86. The van der Waals surface area contributed by atoms with Crippen LogP contribution in [0.25, 0.3) is 0 Å². The SMILES string of the molecule is CC[C@H](C)[C@H](NC(=O)[C@@H](CCCN=C(N)N)NC(=O)[C@@H](N)CC(C)C)C(=O)N[C@H](C(=O)NCC=O)[C@H](C)O. The molecule has 0 saturated heterocycles. The molecule has 0 aromatic carbocycles. The molecule has 0 radical (unpaired) electrons. The summed E-state index contributed by atoms with van der Waals surface area (Å²) in [6.07, 6.45) is 0.632. The van der Waals surface area contributed by atoms with Crippen LogP contribution in [0.1, 0.15) is 60.3 Å². The molecule has 14 heteroatoms. The number of hydrogen-bond donors (Lipinski definition) is 8. The van der Waals surface area contributed by atoms with E-state index in [2.05, 4.69) is 26.3 Å². The molecule has 38 heavy (non-hydrogen) atoms. The van der Waals surface area contributed by atoms with E-state index in [1.165, 1.54) is 6.92 Å². The summed E-state index contributed by atoms with van der Waals surface area (Å²) < 4.78 is 0. The van der Waals surface area contributed by atoms with Crippen LogP contribution in [0.5, 0.6) is 0 Å². The Kier molecular flexibility index (Phi) is 16.5. The van der Waals surface area contributed by atoms with Gasteiger partial charge in [-0.1, -0.05) is 34.1 Å². The molecule has 0 unspecified atom stereocenters. The number of carbonyl (C=O) groups excluding carboxylic acids is 5. The predicted molar refractivity (Wildman–Crippen MR) is 143 cm³/mol. The molecule has 0 aromatic heterocycles. The first kappa shape index (κ1) is 34.7. The van der Waals surface area contributed by atoms with Crippen molar-refractivity contribution in [3.8, 4) is 0 Å². The van der Waals surface area contributed by atoms with Gasteiger partial charge in [-0.25, -0.2) is 0 Å². The van der Waals surface area contributed by atoms with E-state index < -0.39 is 53.9 Å². The van der Waals surface area contributed by atoms with Crippen molar-refractivity contribution < 1.29 is 29.1 Å². The first-order chi connectivity index (χ1) is 17.7. The lowest BCUT2D eigenvalue weighted by molar-refractivity contribution is -0.136. The van der Waals surface area contributed by atoms with Crippen LogP contribution in [0, 0.1) is 11.8 Å². The lowest BCUT2D eigenvalue weighted by Gasteiger charge is -2.29. The van der Waals surface area contributed by atoms with Crippen LogP contribution in [0.4, 0.5) is 0 Å². The predicted octanol–water partition coefficient (Wildman–Crippen LogP) is -2.39. The molecule has 0 aliphatic heterocycles. The molecule has 14 nitrogen and oxygen atoms in total. The third-order valence-corrected chi connectivity index (χ3v) is 5.86. The highest BCUT2D eigenvalue weighted by atomic mass is 16.3. The maximum absolute atomic E-state index is 13.3. The summed E-state index contributed by atoms with van der Waals surface area (Å²) in [5.74, 6) is -2.90. The average molecular weight is 543 g/mol. The second-order valence-electron chi connectivity index (χ2n) is 9.76. The Morgan fingerprint density at radius 2 is 1.53 bits per heavy atom. The maximum Gasteiger partial charge on any atom is 0.245 e. The van der Waals surface area contributed by atoms with Gasteiger partial charge >= 0.3 is 0 Å². The molecular formula is C24H46N8O6.